The lowest BCUT2D eigenvalue weighted by molar-refractivity contribution is 0.233. The zero-order valence-electron chi connectivity index (χ0n) is 9.34. The Morgan fingerprint density at radius 3 is 2.87 bits per heavy atom. The van der Waals surface area contributed by atoms with E-state index in [4.69, 9.17) is 0 Å². The SMILES string of the molecule is CNc1snc(C)c1CN1CCNCC1. The standard InChI is InChI=1S/C10H18N4S/c1-8-9(10(11-2)15-13-8)7-14-5-3-12-4-6-14/h11-12H,3-7H2,1-2H3. The molecule has 5 heteroatoms. The van der Waals surface area contributed by atoms with Gasteiger partial charge in [-0.15, -0.1) is 0 Å². The molecule has 0 unspecified atom stereocenters. The summed E-state index contributed by atoms with van der Waals surface area (Å²) in [5.74, 6) is 0. The van der Waals surface area contributed by atoms with Gasteiger partial charge in [-0.3, -0.25) is 4.90 Å². The first-order valence-electron chi connectivity index (χ1n) is 5.37. The normalized spacial score (nSPS) is 18.0. The highest BCUT2D eigenvalue weighted by Crippen LogP contribution is 2.25. The van der Waals surface area contributed by atoms with Crippen molar-refractivity contribution in [2.24, 2.45) is 0 Å². The molecule has 0 aromatic carbocycles. The average Bonchev–Trinajstić information content (AvgIpc) is 2.62. The quantitative estimate of drug-likeness (QED) is 0.803. The van der Waals surface area contributed by atoms with E-state index < -0.39 is 0 Å². The molecule has 0 saturated carbocycles. The third-order valence-corrected chi connectivity index (χ3v) is 3.80. The van der Waals surface area contributed by atoms with Crippen LogP contribution in [0.4, 0.5) is 5.00 Å². The van der Waals surface area contributed by atoms with E-state index in [0.717, 1.165) is 32.7 Å². The summed E-state index contributed by atoms with van der Waals surface area (Å²) >= 11 is 1.56. The van der Waals surface area contributed by atoms with E-state index in [1.165, 1.54) is 16.3 Å². The molecule has 1 saturated heterocycles. The zero-order valence-corrected chi connectivity index (χ0v) is 10.2. The van der Waals surface area contributed by atoms with E-state index >= 15 is 0 Å². The van der Waals surface area contributed by atoms with Gasteiger partial charge in [0.25, 0.3) is 0 Å². The Hall–Kier alpha value is -0.650. The smallest absolute Gasteiger partial charge is 0.113 e. The van der Waals surface area contributed by atoms with Gasteiger partial charge in [0, 0.05) is 45.3 Å². The van der Waals surface area contributed by atoms with Crippen LogP contribution in [0.1, 0.15) is 11.3 Å². The average molecular weight is 226 g/mol. The van der Waals surface area contributed by atoms with Crippen molar-refractivity contribution in [2.45, 2.75) is 13.5 Å². The Morgan fingerprint density at radius 1 is 1.47 bits per heavy atom. The van der Waals surface area contributed by atoms with Crippen LogP contribution in [0, 0.1) is 6.92 Å². The molecule has 2 rings (SSSR count). The molecule has 0 atom stereocenters. The minimum absolute atomic E-state index is 1.03. The van der Waals surface area contributed by atoms with Crippen molar-refractivity contribution < 1.29 is 0 Å². The molecule has 0 radical (unpaired) electrons. The number of aryl methyl sites for hydroxylation is 1. The second-order valence-corrected chi connectivity index (χ2v) is 4.63. The van der Waals surface area contributed by atoms with Crippen LogP contribution in [0.15, 0.2) is 0 Å². The fourth-order valence-electron chi connectivity index (χ4n) is 1.86. The minimum atomic E-state index is 1.03. The third kappa shape index (κ3) is 2.48. The molecule has 1 fully saturated rings. The molecule has 2 N–H and O–H groups in total. The van der Waals surface area contributed by atoms with E-state index in [0.29, 0.717) is 0 Å². The van der Waals surface area contributed by atoms with Gasteiger partial charge >= 0.3 is 0 Å². The van der Waals surface area contributed by atoms with Crippen LogP contribution in [-0.2, 0) is 6.54 Å². The number of hydrogen-bond donors (Lipinski definition) is 2. The maximum Gasteiger partial charge on any atom is 0.113 e. The van der Waals surface area contributed by atoms with Crippen molar-refractivity contribution in [1.82, 2.24) is 14.6 Å². The number of hydrogen-bond acceptors (Lipinski definition) is 5. The molecule has 1 aromatic heterocycles. The Labute approximate surface area is 94.8 Å². The van der Waals surface area contributed by atoms with Crippen LogP contribution < -0.4 is 10.6 Å². The highest BCUT2D eigenvalue weighted by Gasteiger charge is 2.15. The van der Waals surface area contributed by atoms with Crippen molar-refractivity contribution in [1.29, 1.82) is 0 Å². The molecule has 4 nitrogen and oxygen atoms in total. The summed E-state index contributed by atoms with van der Waals surface area (Å²) in [5, 5.41) is 7.80. The lowest BCUT2D eigenvalue weighted by Gasteiger charge is -2.27. The van der Waals surface area contributed by atoms with Crippen LogP contribution in [0.3, 0.4) is 0 Å². The van der Waals surface area contributed by atoms with Gasteiger partial charge in [0.1, 0.15) is 5.00 Å². The van der Waals surface area contributed by atoms with E-state index in [-0.39, 0.29) is 0 Å². The number of anilines is 1. The Kier molecular flexibility index (Phi) is 3.56. The molecular weight excluding hydrogens is 208 g/mol. The van der Waals surface area contributed by atoms with Gasteiger partial charge in [0.2, 0.25) is 0 Å². The van der Waals surface area contributed by atoms with Crippen molar-refractivity contribution >= 4 is 16.5 Å². The molecule has 0 bridgehead atoms. The van der Waals surface area contributed by atoms with E-state index in [1.807, 2.05) is 7.05 Å². The molecule has 0 spiro atoms. The summed E-state index contributed by atoms with van der Waals surface area (Å²) < 4.78 is 4.39. The summed E-state index contributed by atoms with van der Waals surface area (Å²) in [7, 11) is 1.97. The van der Waals surface area contributed by atoms with Gasteiger partial charge in [0.05, 0.1) is 5.69 Å². The highest BCUT2D eigenvalue weighted by molar-refractivity contribution is 7.10. The number of nitrogens with zero attached hydrogens (tertiary/aromatic N) is 2. The number of nitrogens with one attached hydrogen (secondary N) is 2. The zero-order chi connectivity index (χ0) is 10.7. The summed E-state index contributed by atoms with van der Waals surface area (Å²) in [4.78, 5) is 2.48. The fraction of sp³-hybridized carbons (Fsp3) is 0.700. The summed E-state index contributed by atoms with van der Waals surface area (Å²) in [6, 6.07) is 0. The Bertz CT molecular complexity index is 317. The predicted octanol–water partition coefficient (Wildman–Crippen LogP) is 0.898. The molecule has 2 heterocycles. The van der Waals surface area contributed by atoms with E-state index in [2.05, 4.69) is 26.8 Å². The maximum atomic E-state index is 4.39. The minimum Gasteiger partial charge on any atom is -0.378 e. The van der Waals surface area contributed by atoms with Crippen LogP contribution in [-0.4, -0.2) is 42.5 Å². The highest BCUT2D eigenvalue weighted by atomic mass is 32.1. The van der Waals surface area contributed by atoms with Crippen molar-refractivity contribution in [2.75, 3.05) is 38.5 Å². The monoisotopic (exact) mass is 226 g/mol. The van der Waals surface area contributed by atoms with Gasteiger partial charge in [-0.2, -0.15) is 4.37 Å². The van der Waals surface area contributed by atoms with Crippen LogP contribution in [0.2, 0.25) is 0 Å². The summed E-state index contributed by atoms with van der Waals surface area (Å²) in [6.45, 7) is 7.60. The van der Waals surface area contributed by atoms with Crippen molar-refractivity contribution in [3.63, 3.8) is 0 Å². The molecule has 1 aliphatic heterocycles. The number of aromatic nitrogens is 1. The Balaban J connectivity index is 2.04. The Morgan fingerprint density at radius 2 is 2.20 bits per heavy atom. The molecule has 0 amide bonds. The molecular formula is C10H18N4S. The van der Waals surface area contributed by atoms with Gasteiger partial charge < -0.3 is 10.6 Å². The van der Waals surface area contributed by atoms with E-state index in [1.54, 1.807) is 11.5 Å². The molecule has 0 aliphatic carbocycles. The van der Waals surface area contributed by atoms with Crippen LogP contribution in [0.25, 0.3) is 0 Å². The topological polar surface area (TPSA) is 40.2 Å². The fourth-order valence-corrected chi connectivity index (χ4v) is 2.62. The van der Waals surface area contributed by atoms with Crippen molar-refractivity contribution in [3.8, 4) is 0 Å². The molecule has 1 aromatic rings. The molecule has 15 heavy (non-hydrogen) atoms. The molecule has 1 aliphatic rings. The van der Waals surface area contributed by atoms with Crippen LogP contribution in [0.5, 0.6) is 0 Å². The lowest BCUT2D eigenvalue weighted by atomic mass is 10.2. The summed E-state index contributed by atoms with van der Waals surface area (Å²) in [5.41, 5.74) is 2.53. The number of rotatable bonds is 3. The lowest BCUT2D eigenvalue weighted by Crippen LogP contribution is -2.43. The first kappa shape index (κ1) is 10.9. The maximum absolute atomic E-state index is 4.39. The van der Waals surface area contributed by atoms with Gasteiger partial charge in [-0.05, 0) is 18.5 Å². The molecule has 84 valence electrons. The third-order valence-electron chi connectivity index (χ3n) is 2.80. The summed E-state index contributed by atoms with van der Waals surface area (Å²) in [6.07, 6.45) is 0. The van der Waals surface area contributed by atoms with Gasteiger partial charge in [-0.1, -0.05) is 0 Å². The second kappa shape index (κ2) is 4.92. The van der Waals surface area contributed by atoms with Crippen LogP contribution >= 0.6 is 11.5 Å². The van der Waals surface area contributed by atoms with Gasteiger partial charge in [0.15, 0.2) is 0 Å². The second-order valence-electron chi connectivity index (χ2n) is 3.85. The van der Waals surface area contributed by atoms with E-state index in [9.17, 15) is 0 Å². The van der Waals surface area contributed by atoms with Gasteiger partial charge in [-0.25, -0.2) is 0 Å². The number of piperazine rings is 1. The largest absolute Gasteiger partial charge is 0.378 e. The first-order chi connectivity index (χ1) is 7.31. The van der Waals surface area contributed by atoms with Crippen molar-refractivity contribution in [3.05, 3.63) is 11.3 Å². The predicted molar refractivity (Wildman–Crippen MR) is 64.5 cm³/mol. The first-order valence-corrected chi connectivity index (χ1v) is 6.14.